The van der Waals surface area contributed by atoms with E-state index in [-0.39, 0.29) is 5.41 Å². The van der Waals surface area contributed by atoms with Gasteiger partial charge in [-0.05, 0) is 131 Å². The summed E-state index contributed by atoms with van der Waals surface area (Å²) >= 11 is 0. The van der Waals surface area contributed by atoms with Crippen LogP contribution < -0.4 is 4.90 Å². The summed E-state index contributed by atoms with van der Waals surface area (Å²) in [4.78, 5) is 2.46. The Hall–Kier alpha value is -4.10. The lowest BCUT2D eigenvalue weighted by Gasteiger charge is -2.29. The number of nitrogens with zero attached hydrogens (tertiary/aromatic N) is 1. The van der Waals surface area contributed by atoms with Crippen LogP contribution >= 0.6 is 0 Å². The van der Waals surface area contributed by atoms with Gasteiger partial charge in [0.2, 0.25) is 0 Å². The molecule has 44 heavy (non-hydrogen) atoms. The number of rotatable bonds is 5. The first-order valence-electron chi connectivity index (χ1n) is 16.9. The first kappa shape index (κ1) is 27.4. The minimum atomic E-state index is -0.0330. The van der Waals surface area contributed by atoms with Gasteiger partial charge < -0.3 is 4.90 Å². The fraction of sp³-hybridized carbons (Fsp3) is 0.302. The fourth-order valence-corrected chi connectivity index (χ4v) is 8.33. The van der Waals surface area contributed by atoms with Crippen LogP contribution in [0.2, 0.25) is 0 Å². The third-order valence-corrected chi connectivity index (χ3v) is 10.9. The maximum atomic E-state index is 2.46. The van der Waals surface area contributed by atoms with Gasteiger partial charge in [0.1, 0.15) is 0 Å². The van der Waals surface area contributed by atoms with Crippen LogP contribution in [-0.2, 0) is 18.3 Å². The highest BCUT2D eigenvalue weighted by Crippen LogP contribution is 2.50. The molecular weight excluding hydrogens is 530 g/mol. The molecule has 0 amide bonds. The molecule has 8 rings (SSSR count). The van der Waals surface area contributed by atoms with Crippen molar-refractivity contribution in [2.75, 3.05) is 4.90 Å². The summed E-state index contributed by atoms with van der Waals surface area (Å²) in [7, 11) is 0. The largest absolute Gasteiger partial charge is 0.310 e. The number of hydrogen-bond donors (Lipinski definition) is 0. The average Bonchev–Trinajstić information content (AvgIpc) is 3.31. The first-order valence-corrected chi connectivity index (χ1v) is 16.9. The molecule has 5 aromatic rings. The second-order valence-corrected chi connectivity index (χ2v) is 13.9. The Morgan fingerprint density at radius 2 is 1.16 bits per heavy atom. The smallest absolute Gasteiger partial charge is 0.0465 e. The number of aryl methyl sites for hydroxylation is 2. The van der Waals surface area contributed by atoms with Crippen molar-refractivity contribution in [2.45, 2.75) is 83.0 Å². The molecule has 0 atom stereocenters. The van der Waals surface area contributed by atoms with E-state index in [0.717, 1.165) is 0 Å². The molecule has 0 heterocycles. The molecule has 0 bridgehead atoms. The Bertz CT molecular complexity index is 1800. The van der Waals surface area contributed by atoms with Crippen LogP contribution in [0.15, 0.2) is 109 Å². The van der Waals surface area contributed by atoms with E-state index in [1.807, 2.05) is 0 Å². The molecule has 5 aromatic carbocycles. The van der Waals surface area contributed by atoms with Gasteiger partial charge in [0.25, 0.3) is 0 Å². The SMILES string of the molecule is CC1(C)c2ccccc2-c2ccc(N(c3ccc(-c4ccc5c(c4)CCCC5)cc3)c3ccc(C4CCCCC4)cc3)cc21. The molecule has 220 valence electrons. The van der Waals surface area contributed by atoms with Crippen LogP contribution in [0, 0.1) is 0 Å². The molecule has 0 radical (unpaired) electrons. The second-order valence-electron chi connectivity index (χ2n) is 13.9. The summed E-state index contributed by atoms with van der Waals surface area (Å²) in [5.41, 5.74) is 16.4. The van der Waals surface area contributed by atoms with Gasteiger partial charge in [0, 0.05) is 22.5 Å². The highest BCUT2D eigenvalue weighted by Gasteiger charge is 2.35. The molecule has 1 fully saturated rings. The molecule has 0 N–H and O–H groups in total. The highest BCUT2D eigenvalue weighted by molar-refractivity contribution is 5.86. The van der Waals surface area contributed by atoms with Gasteiger partial charge in [-0.1, -0.05) is 106 Å². The van der Waals surface area contributed by atoms with Crippen LogP contribution in [0.5, 0.6) is 0 Å². The van der Waals surface area contributed by atoms with Gasteiger partial charge in [0.15, 0.2) is 0 Å². The summed E-state index contributed by atoms with van der Waals surface area (Å²) < 4.78 is 0. The van der Waals surface area contributed by atoms with Gasteiger partial charge in [0.05, 0.1) is 0 Å². The summed E-state index contributed by atoms with van der Waals surface area (Å²) in [6.45, 7) is 4.75. The fourth-order valence-electron chi connectivity index (χ4n) is 8.33. The number of anilines is 3. The summed E-state index contributed by atoms with van der Waals surface area (Å²) in [6.07, 6.45) is 11.8. The topological polar surface area (TPSA) is 3.24 Å². The van der Waals surface area contributed by atoms with E-state index in [0.29, 0.717) is 5.92 Å². The maximum absolute atomic E-state index is 2.46. The summed E-state index contributed by atoms with van der Waals surface area (Å²) in [5, 5.41) is 0. The van der Waals surface area contributed by atoms with Crippen molar-refractivity contribution in [1.82, 2.24) is 0 Å². The van der Waals surface area contributed by atoms with Gasteiger partial charge in [-0.25, -0.2) is 0 Å². The zero-order valence-corrected chi connectivity index (χ0v) is 26.3. The van der Waals surface area contributed by atoms with E-state index in [4.69, 9.17) is 0 Å². The first-order chi connectivity index (χ1) is 21.6. The molecular formula is C43H43N. The molecule has 3 aliphatic rings. The Morgan fingerprint density at radius 3 is 1.93 bits per heavy atom. The van der Waals surface area contributed by atoms with Gasteiger partial charge in [-0.2, -0.15) is 0 Å². The van der Waals surface area contributed by atoms with Crippen LogP contribution in [-0.4, -0.2) is 0 Å². The number of benzene rings is 5. The number of fused-ring (bicyclic) bond motifs is 4. The molecule has 0 saturated heterocycles. The normalized spacial score (nSPS) is 17.0. The Kier molecular flexibility index (Phi) is 6.93. The van der Waals surface area contributed by atoms with Crippen molar-refractivity contribution in [3.8, 4) is 22.3 Å². The Morgan fingerprint density at radius 1 is 0.523 bits per heavy atom. The molecule has 1 nitrogen and oxygen atoms in total. The molecule has 0 spiro atoms. The lowest BCUT2D eigenvalue weighted by Crippen LogP contribution is -2.16. The predicted molar refractivity (Wildman–Crippen MR) is 187 cm³/mol. The van der Waals surface area contributed by atoms with Gasteiger partial charge >= 0.3 is 0 Å². The molecule has 0 aliphatic heterocycles. The molecule has 3 aliphatic carbocycles. The maximum Gasteiger partial charge on any atom is 0.0465 e. The lowest BCUT2D eigenvalue weighted by atomic mass is 9.82. The summed E-state index contributed by atoms with van der Waals surface area (Å²) in [5.74, 6) is 0.710. The second kappa shape index (κ2) is 11.1. The zero-order valence-electron chi connectivity index (χ0n) is 26.3. The molecule has 0 aromatic heterocycles. The van der Waals surface area contributed by atoms with Crippen molar-refractivity contribution >= 4 is 17.1 Å². The van der Waals surface area contributed by atoms with Crippen molar-refractivity contribution in [3.05, 3.63) is 137 Å². The summed E-state index contributed by atoms with van der Waals surface area (Å²) in [6, 6.07) is 41.9. The van der Waals surface area contributed by atoms with Crippen molar-refractivity contribution in [3.63, 3.8) is 0 Å². The average molecular weight is 574 g/mol. The number of hydrogen-bond acceptors (Lipinski definition) is 1. The third-order valence-electron chi connectivity index (χ3n) is 10.9. The van der Waals surface area contributed by atoms with Crippen LogP contribution in [0.1, 0.15) is 92.5 Å². The quantitative estimate of drug-likeness (QED) is 0.202. The highest BCUT2D eigenvalue weighted by atomic mass is 15.1. The minimum absolute atomic E-state index is 0.0330. The van der Waals surface area contributed by atoms with E-state index in [2.05, 4.69) is 128 Å². The van der Waals surface area contributed by atoms with Crippen LogP contribution in [0.3, 0.4) is 0 Å². The lowest BCUT2D eigenvalue weighted by molar-refractivity contribution is 0.443. The van der Waals surface area contributed by atoms with Crippen molar-refractivity contribution < 1.29 is 0 Å². The minimum Gasteiger partial charge on any atom is -0.310 e. The van der Waals surface area contributed by atoms with Gasteiger partial charge in [-0.3, -0.25) is 0 Å². The molecule has 1 heteroatoms. The predicted octanol–water partition coefficient (Wildman–Crippen LogP) is 12.1. The van der Waals surface area contributed by atoms with E-state index >= 15 is 0 Å². The third kappa shape index (κ3) is 4.78. The Balaban J connectivity index is 1.19. The van der Waals surface area contributed by atoms with Crippen LogP contribution in [0.25, 0.3) is 22.3 Å². The van der Waals surface area contributed by atoms with E-state index in [9.17, 15) is 0 Å². The van der Waals surface area contributed by atoms with Crippen molar-refractivity contribution in [1.29, 1.82) is 0 Å². The van der Waals surface area contributed by atoms with Gasteiger partial charge in [-0.15, -0.1) is 0 Å². The zero-order chi connectivity index (χ0) is 29.7. The standard InChI is InChI=1S/C43H43N/c1-43(2)41-15-9-8-14-39(41)40-27-26-38(29-42(40)43)44(36-22-18-32(19-23-36)30-10-4-3-5-11-30)37-24-20-33(21-25-37)35-17-16-31-12-6-7-13-34(31)28-35/h8-9,14-30H,3-7,10-13H2,1-2H3. The Labute approximate surface area is 263 Å². The molecule has 1 saturated carbocycles. The van der Waals surface area contributed by atoms with E-state index in [1.54, 1.807) is 11.1 Å². The van der Waals surface area contributed by atoms with E-state index < -0.39 is 0 Å². The molecule has 0 unspecified atom stereocenters. The van der Waals surface area contributed by atoms with Crippen LogP contribution in [0.4, 0.5) is 17.1 Å². The van der Waals surface area contributed by atoms with Crippen molar-refractivity contribution in [2.24, 2.45) is 0 Å². The van der Waals surface area contributed by atoms with E-state index in [1.165, 1.54) is 114 Å². The monoisotopic (exact) mass is 573 g/mol.